The zero-order valence-electron chi connectivity index (χ0n) is 10.6. The second-order valence-electron chi connectivity index (χ2n) is 4.19. The molecule has 2 aromatic rings. The Morgan fingerprint density at radius 2 is 2.26 bits per heavy atom. The normalized spacial score (nSPS) is 10.4. The number of nitrogens with zero attached hydrogens (tertiary/aromatic N) is 2. The van der Waals surface area contributed by atoms with Crippen molar-refractivity contribution >= 4 is 27.5 Å². The first-order valence-corrected chi connectivity index (χ1v) is 6.67. The minimum atomic E-state index is -0.124. The van der Waals surface area contributed by atoms with E-state index in [2.05, 4.69) is 26.3 Å². The lowest BCUT2D eigenvalue weighted by atomic mass is 10.2. The lowest BCUT2D eigenvalue weighted by Crippen LogP contribution is -2.26. The molecule has 0 saturated heterocycles. The molecule has 100 valence electrons. The summed E-state index contributed by atoms with van der Waals surface area (Å²) >= 11 is 3.30. The average molecular weight is 323 g/mol. The number of hydrogen-bond donors (Lipinski definition) is 2. The Bertz CT molecular complexity index is 594. The number of hydrogen-bond acceptors (Lipinski definition) is 3. The third-order valence-corrected chi connectivity index (χ3v) is 3.57. The van der Waals surface area contributed by atoms with Crippen molar-refractivity contribution in [2.45, 2.75) is 6.42 Å². The Kier molecular flexibility index (Phi) is 4.21. The van der Waals surface area contributed by atoms with Crippen LogP contribution in [0.1, 0.15) is 16.1 Å². The number of halogens is 1. The van der Waals surface area contributed by atoms with Gasteiger partial charge in [0.15, 0.2) is 0 Å². The molecule has 0 atom stereocenters. The van der Waals surface area contributed by atoms with Crippen molar-refractivity contribution in [1.29, 1.82) is 0 Å². The van der Waals surface area contributed by atoms with E-state index in [1.165, 1.54) is 0 Å². The molecule has 0 unspecified atom stereocenters. The van der Waals surface area contributed by atoms with Crippen LogP contribution < -0.4 is 11.1 Å². The highest BCUT2D eigenvalue weighted by atomic mass is 79.9. The van der Waals surface area contributed by atoms with Crippen molar-refractivity contribution < 1.29 is 4.79 Å². The second kappa shape index (κ2) is 5.88. The summed E-state index contributed by atoms with van der Waals surface area (Å²) in [6, 6.07) is 7.10. The van der Waals surface area contributed by atoms with Gasteiger partial charge >= 0.3 is 0 Å². The first-order chi connectivity index (χ1) is 9.08. The lowest BCUT2D eigenvalue weighted by Gasteiger charge is -2.07. The van der Waals surface area contributed by atoms with Crippen LogP contribution in [0.25, 0.3) is 0 Å². The van der Waals surface area contributed by atoms with Gasteiger partial charge in [-0.2, -0.15) is 5.10 Å². The summed E-state index contributed by atoms with van der Waals surface area (Å²) in [7, 11) is 1.88. The van der Waals surface area contributed by atoms with Crippen LogP contribution in [0, 0.1) is 0 Å². The molecule has 5 nitrogen and oxygen atoms in total. The Labute approximate surface area is 119 Å². The number of carbonyl (C=O) groups is 1. The Morgan fingerprint density at radius 3 is 2.89 bits per heavy atom. The summed E-state index contributed by atoms with van der Waals surface area (Å²) in [5.74, 6) is -0.124. The molecule has 6 heteroatoms. The molecule has 0 spiro atoms. The van der Waals surface area contributed by atoms with Crippen molar-refractivity contribution in [2.24, 2.45) is 7.05 Å². The molecule has 1 amide bonds. The molecule has 0 radical (unpaired) electrons. The number of amides is 1. The maximum Gasteiger partial charge on any atom is 0.251 e. The van der Waals surface area contributed by atoms with Gasteiger partial charge in [0.1, 0.15) is 0 Å². The maximum atomic E-state index is 11.9. The Morgan fingerprint density at radius 1 is 1.47 bits per heavy atom. The summed E-state index contributed by atoms with van der Waals surface area (Å²) in [4.78, 5) is 11.9. The van der Waals surface area contributed by atoms with Crippen LogP contribution in [0.15, 0.2) is 34.9 Å². The van der Waals surface area contributed by atoms with Crippen molar-refractivity contribution in [3.05, 3.63) is 46.2 Å². The Balaban J connectivity index is 1.91. The van der Waals surface area contributed by atoms with Gasteiger partial charge in [0.2, 0.25) is 0 Å². The number of nitrogen functional groups attached to an aromatic ring is 1. The highest BCUT2D eigenvalue weighted by Gasteiger charge is 2.07. The third-order valence-electron chi connectivity index (χ3n) is 2.85. The summed E-state index contributed by atoms with van der Waals surface area (Å²) < 4.78 is 2.59. The van der Waals surface area contributed by atoms with Crippen LogP contribution >= 0.6 is 15.9 Å². The quantitative estimate of drug-likeness (QED) is 0.842. The number of anilines is 1. The number of carbonyl (C=O) groups excluding carboxylic acids is 1. The van der Waals surface area contributed by atoms with Crippen LogP contribution in [0.3, 0.4) is 0 Å². The average Bonchev–Trinajstić information content (AvgIpc) is 2.78. The molecule has 0 saturated carbocycles. The molecule has 1 heterocycles. The monoisotopic (exact) mass is 322 g/mol. The highest BCUT2D eigenvalue weighted by Crippen LogP contribution is 2.20. The van der Waals surface area contributed by atoms with Crippen molar-refractivity contribution in [3.63, 3.8) is 0 Å². The molecule has 0 aliphatic carbocycles. The van der Waals surface area contributed by atoms with Crippen LogP contribution in [-0.2, 0) is 13.5 Å². The van der Waals surface area contributed by atoms with E-state index < -0.39 is 0 Å². The lowest BCUT2D eigenvalue weighted by molar-refractivity contribution is 0.0954. The highest BCUT2D eigenvalue weighted by molar-refractivity contribution is 9.10. The van der Waals surface area contributed by atoms with Crippen molar-refractivity contribution in [1.82, 2.24) is 15.1 Å². The van der Waals surface area contributed by atoms with Crippen molar-refractivity contribution in [3.8, 4) is 0 Å². The van der Waals surface area contributed by atoms with Gasteiger partial charge in [-0.05, 0) is 40.2 Å². The van der Waals surface area contributed by atoms with Gasteiger partial charge in [-0.15, -0.1) is 0 Å². The van der Waals surface area contributed by atoms with Crippen LogP contribution in [0.5, 0.6) is 0 Å². The standard InChI is InChI=1S/C13H15BrN4O/c1-18-10(5-7-17-18)4-6-16-13(19)9-2-3-11(14)12(15)8-9/h2-3,5,7-8H,4,6,15H2,1H3,(H,16,19). The van der Waals surface area contributed by atoms with E-state index in [9.17, 15) is 4.79 Å². The second-order valence-corrected chi connectivity index (χ2v) is 5.04. The molecular formula is C13H15BrN4O. The summed E-state index contributed by atoms with van der Waals surface area (Å²) in [5, 5.41) is 6.94. The molecule has 19 heavy (non-hydrogen) atoms. The smallest absolute Gasteiger partial charge is 0.251 e. The molecule has 1 aromatic carbocycles. The largest absolute Gasteiger partial charge is 0.398 e. The van der Waals surface area contributed by atoms with Gasteiger partial charge in [0.05, 0.1) is 0 Å². The van der Waals surface area contributed by atoms with Crippen molar-refractivity contribution in [2.75, 3.05) is 12.3 Å². The summed E-state index contributed by atoms with van der Waals surface area (Å²) in [6.45, 7) is 0.564. The van der Waals surface area contributed by atoms with Gasteiger partial charge in [0, 0.05) is 47.6 Å². The number of nitrogens with two attached hydrogens (primary N) is 1. The molecule has 0 fully saturated rings. The zero-order chi connectivity index (χ0) is 13.8. The predicted molar refractivity (Wildman–Crippen MR) is 77.8 cm³/mol. The van der Waals surface area contributed by atoms with E-state index in [0.717, 1.165) is 16.6 Å². The zero-order valence-corrected chi connectivity index (χ0v) is 12.1. The number of nitrogens with one attached hydrogen (secondary N) is 1. The van der Waals surface area contributed by atoms with E-state index in [-0.39, 0.29) is 5.91 Å². The third kappa shape index (κ3) is 3.35. The van der Waals surface area contributed by atoms with Crippen LogP contribution in [0.4, 0.5) is 5.69 Å². The number of rotatable bonds is 4. The van der Waals surface area contributed by atoms with Crippen LogP contribution in [0.2, 0.25) is 0 Å². The summed E-state index contributed by atoms with van der Waals surface area (Å²) in [6.07, 6.45) is 2.49. The number of aryl methyl sites for hydroxylation is 1. The maximum absolute atomic E-state index is 11.9. The number of aromatic nitrogens is 2. The number of benzene rings is 1. The molecule has 2 rings (SSSR count). The SMILES string of the molecule is Cn1nccc1CCNC(=O)c1ccc(Br)c(N)c1. The van der Waals surface area contributed by atoms with Gasteiger partial charge in [-0.25, -0.2) is 0 Å². The van der Waals surface area contributed by atoms with Gasteiger partial charge in [-0.1, -0.05) is 0 Å². The molecule has 0 bridgehead atoms. The fourth-order valence-electron chi connectivity index (χ4n) is 1.74. The fourth-order valence-corrected chi connectivity index (χ4v) is 1.98. The fraction of sp³-hybridized carbons (Fsp3) is 0.231. The summed E-state index contributed by atoms with van der Waals surface area (Å²) in [5.41, 5.74) is 7.94. The Hall–Kier alpha value is -1.82. The molecule has 0 aliphatic rings. The van der Waals surface area contributed by atoms with E-state index in [4.69, 9.17) is 5.73 Å². The minimum Gasteiger partial charge on any atom is -0.398 e. The first-order valence-electron chi connectivity index (χ1n) is 5.88. The van der Waals surface area contributed by atoms with E-state index in [1.54, 1.807) is 29.1 Å². The van der Waals surface area contributed by atoms with E-state index >= 15 is 0 Å². The van der Waals surface area contributed by atoms with Gasteiger partial charge in [-0.3, -0.25) is 9.48 Å². The van der Waals surface area contributed by atoms with E-state index in [1.807, 2.05) is 13.1 Å². The molecular weight excluding hydrogens is 308 g/mol. The molecule has 1 aromatic heterocycles. The predicted octanol–water partition coefficient (Wildman–Crippen LogP) is 1.74. The molecule has 0 aliphatic heterocycles. The molecule has 3 N–H and O–H groups in total. The van der Waals surface area contributed by atoms with Gasteiger partial charge < -0.3 is 11.1 Å². The first kappa shape index (κ1) is 13.6. The van der Waals surface area contributed by atoms with Gasteiger partial charge in [0.25, 0.3) is 5.91 Å². The van der Waals surface area contributed by atoms with E-state index in [0.29, 0.717) is 17.8 Å². The topological polar surface area (TPSA) is 72.9 Å². The minimum absolute atomic E-state index is 0.124. The van der Waals surface area contributed by atoms with Crippen LogP contribution in [-0.4, -0.2) is 22.2 Å².